The van der Waals surface area contributed by atoms with E-state index in [-0.39, 0.29) is 16.9 Å². The zero-order valence-electron chi connectivity index (χ0n) is 10.0. The lowest BCUT2D eigenvalue weighted by Crippen LogP contribution is -2.29. The molecule has 0 aliphatic carbocycles. The first-order chi connectivity index (χ1) is 9.15. The summed E-state index contributed by atoms with van der Waals surface area (Å²) in [6.45, 7) is 2.29. The molecule has 0 radical (unpaired) electrons. The second-order valence-electron chi connectivity index (χ2n) is 4.04. The van der Waals surface area contributed by atoms with Crippen molar-refractivity contribution in [2.75, 3.05) is 11.1 Å². The molecule has 1 aliphatic rings. The third kappa shape index (κ3) is 2.14. The van der Waals surface area contributed by atoms with Crippen LogP contribution in [0.1, 0.15) is 16.1 Å². The molecule has 0 spiro atoms. The van der Waals surface area contributed by atoms with E-state index in [1.807, 2.05) is 0 Å². The Labute approximate surface area is 112 Å². The Morgan fingerprint density at radius 2 is 2.42 bits per heavy atom. The maximum atomic E-state index is 12.1. The summed E-state index contributed by atoms with van der Waals surface area (Å²) in [5, 5.41) is 6.80. The van der Waals surface area contributed by atoms with Crippen LogP contribution in [-0.4, -0.2) is 26.4 Å². The van der Waals surface area contributed by atoms with E-state index in [1.54, 1.807) is 13.0 Å². The predicted molar refractivity (Wildman–Crippen MR) is 68.4 cm³/mol. The molecule has 1 N–H and O–H groups in total. The van der Waals surface area contributed by atoms with Gasteiger partial charge in [0.25, 0.3) is 11.5 Å². The van der Waals surface area contributed by atoms with E-state index in [0.29, 0.717) is 17.5 Å². The highest BCUT2D eigenvalue weighted by atomic mass is 32.2. The molecule has 1 aliphatic heterocycles. The molecule has 0 saturated heterocycles. The average molecular weight is 278 g/mol. The largest absolute Gasteiger partial charge is 0.360 e. The Hall–Kier alpha value is -2.09. The van der Waals surface area contributed by atoms with Crippen LogP contribution in [0.2, 0.25) is 0 Å². The minimum atomic E-state index is -0.530. The molecular weight excluding hydrogens is 268 g/mol. The van der Waals surface area contributed by atoms with Gasteiger partial charge >= 0.3 is 0 Å². The Bertz CT molecular complexity index is 706. The second-order valence-corrected chi connectivity index (χ2v) is 5.10. The van der Waals surface area contributed by atoms with Crippen molar-refractivity contribution in [2.45, 2.75) is 18.6 Å². The zero-order chi connectivity index (χ0) is 13.4. The summed E-state index contributed by atoms with van der Waals surface area (Å²) in [5.74, 6) is 1.13. The molecule has 2 aromatic heterocycles. The maximum Gasteiger partial charge on any atom is 0.267 e. The van der Waals surface area contributed by atoms with E-state index >= 15 is 0 Å². The van der Waals surface area contributed by atoms with Gasteiger partial charge in [-0.1, -0.05) is 16.9 Å². The van der Waals surface area contributed by atoms with Gasteiger partial charge in [0, 0.05) is 24.6 Å². The monoisotopic (exact) mass is 278 g/mol. The molecular formula is C11H10N4O3S. The Morgan fingerprint density at radius 1 is 1.58 bits per heavy atom. The fourth-order valence-corrected chi connectivity index (χ4v) is 2.70. The number of nitrogens with one attached hydrogen (secondary N) is 1. The van der Waals surface area contributed by atoms with Gasteiger partial charge in [0.1, 0.15) is 11.3 Å². The smallest absolute Gasteiger partial charge is 0.267 e. The van der Waals surface area contributed by atoms with Gasteiger partial charge in [-0.05, 0) is 6.92 Å². The van der Waals surface area contributed by atoms with Crippen LogP contribution >= 0.6 is 11.8 Å². The number of nitrogens with zero attached hydrogens (tertiary/aromatic N) is 3. The van der Waals surface area contributed by atoms with E-state index < -0.39 is 5.91 Å². The van der Waals surface area contributed by atoms with Crippen molar-refractivity contribution in [3.8, 4) is 0 Å². The van der Waals surface area contributed by atoms with Gasteiger partial charge in [0.15, 0.2) is 11.0 Å². The van der Waals surface area contributed by atoms with Gasteiger partial charge in [-0.25, -0.2) is 4.98 Å². The Morgan fingerprint density at radius 3 is 3.16 bits per heavy atom. The highest BCUT2D eigenvalue weighted by Gasteiger charge is 2.20. The molecule has 0 unspecified atom stereocenters. The number of carbonyl (C=O) groups excluding carboxylic acids is 1. The van der Waals surface area contributed by atoms with Gasteiger partial charge in [-0.3, -0.25) is 14.2 Å². The minimum absolute atomic E-state index is 0.00639. The summed E-state index contributed by atoms with van der Waals surface area (Å²) in [4.78, 5) is 28.2. The topological polar surface area (TPSA) is 90.0 Å². The van der Waals surface area contributed by atoms with Gasteiger partial charge in [-0.2, -0.15) is 0 Å². The van der Waals surface area contributed by atoms with E-state index in [0.717, 1.165) is 5.75 Å². The van der Waals surface area contributed by atoms with Crippen LogP contribution in [-0.2, 0) is 6.54 Å². The number of aromatic nitrogens is 3. The van der Waals surface area contributed by atoms with Crippen molar-refractivity contribution in [3.63, 3.8) is 0 Å². The normalized spacial score (nSPS) is 13.3. The fourth-order valence-electron chi connectivity index (χ4n) is 1.78. The van der Waals surface area contributed by atoms with Crippen LogP contribution in [0.15, 0.2) is 26.7 Å². The highest BCUT2D eigenvalue weighted by Crippen LogP contribution is 2.20. The zero-order valence-corrected chi connectivity index (χ0v) is 10.9. The van der Waals surface area contributed by atoms with Crippen LogP contribution in [0, 0.1) is 6.92 Å². The Balaban J connectivity index is 1.90. The first-order valence-electron chi connectivity index (χ1n) is 5.62. The number of amides is 1. The number of rotatable bonds is 2. The van der Waals surface area contributed by atoms with Gasteiger partial charge in [0.05, 0.1) is 0 Å². The number of anilines is 1. The lowest BCUT2D eigenvalue weighted by atomic mass is 10.3. The first-order valence-corrected chi connectivity index (χ1v) is 6.61. The van der Waals surface area contributed by atoms with Crippen molar-refractivity contribution in [1.82, 2.24) is 14.7 Å². The molecule has 0 saturated carbocycles. The van der Waals surface area contributed by atoms with Crippen LogP contribution < -0.4 is 10.9 Å². The third-order valence-electron chi connectivity index (χ3n) is 2.67. The van der Waals surface area contributed by atoms with Crippen LogP contribution in [0.4, 0.5) is 5.82 Å². The number of carbonyl (C=O) groups is 1. The van der Waals surface area contributed by atoms with Crippen molar-refractivity contribution in [2.24, 2.45) is 0 Å². The van der Waals surface area contributed by atoms with Crippen molar-refractivity contribution in [1.29, 1.82) is 0 Å². The summed E-state index contributed by atoms with van der Waals surface area (Å²) in [5.41, 5.74) is -0.320. The summed E-state index contributed by atoms with van der Waals surface area (Å²) >= 11 is 1.50. The van der Waals surface area contributed by atoms with E-state index in [2.05, 4.69) is 15.5 Å². The summed E-state index contributed by atoms with van der Waals surface area (Å²) in [6.07, 6.45) is 1.30. The molecule has 0 atom stereocenters. The maximum absolute atomic E-state index is 12.1. The molecule has 7 nitrogen and oxygen atoms in total. The molecule has 3 rings (SSSR count). The molecule has 98 valence electrons. The summed E-state index contributed by atoms with van der Waals surface area (Å²) in [6, 6.07) is 1.58. The quantitative estimate of drug-likeness (QED) is 0.821. The molecule has 1 amide bonds. The van der Waals surface area contributed by atoms with Gasteiger partial charge in [0.2, 0.25) is 0 Å². The molecule has 0 aromatic carbocycles. The lowest BCUT2D eigenvalue weighted by Gasteiger charge is -2.04. The van der Waals surface area contributed by atoms with Crippen LogP contribution in [0.25, 0.3) is 0 Å². The average Bonchev–Trinajstić information content (AvgIpc) is 2.99. The minimum Gasteiger partial charge on any atom is -0.360 e. The summed E-state index contributed by atoms with van der Waals surface area (Å²) < 4.78 is 6.35. The van der Waals surface area contributed by atoms with E-state index in [1.165, 1.54) is 22.5 Å². The number of thioether (sulfide) groups is 1. The number of aryl methyl sites for hydroxylation is 1. The standard InChI is InChI=1S/C11H10N4O3S/c1-6-4-8(14-18-6)13-9(16)7-5-12-11-15(10(7)17)2-3-19-11/h4-5H,2-3H2,1H3,(H,13,14,16). The number of hydrogen-bond acceptors (Lipinski definition) is 6. The van der Waals surface area contributed by atoms with Gasteiger partial charge in [-0.15, -0.1) is 0 Å². The van der Waals surface area contributed by atoms with Gasteiger partial charge < -0.3 is 9.84 Å². The van der Waals surface area contributed by atoms with Crippen molar-refractivity contribution in [3.05, 3.63) is 33.9 Å². The highest BCUT2D eigenvalue weighted by molar-refractivity contribution is 7.99. The number of hydrogen-bond donors (Lipinski definition) is 1. The molecule has 2 aromatic rings. The molecule has 0 fully saturated rings. The van der Waals surface area contributed by atoms with E-state index in [4.69, 9.17) is 4.52 Å². The third-order valence-corrected chi connectivity index (χ3v) is 3.64. The SMILES string of the molecule is Cc1cc(NC(=O)c2cnc3n(c2=O)CCS3)no1. The number of fused-ring (bicyclic) bond motifs is 1. The predicted octanol–water partition coefficient (Wildman–Crippen LogP) is 0.898. The van der Waals surface area contributed by atoms with Crippen LogP contribution in [0.3, 0.4) is 0 Å². The van der Waals surface area contributed by atoms with Crippen LogP contribution in [0.5, 0.6) is 0 Å². The molecule has 3 heterocycles. The Kier molecular flexibility index (Phi) is 2.86. The molecule has 0 bridgehead atoms. The molecule has 19 heavy (non-hydrogen) atoms. The fraction of sp³-hybridized carbons (Fsp3) is 0.273. The lowest BCUT2D eigenvalue weighted by molar-refractivity contribution is 0.102. The van der Waals surface area contributed by atoms with E-state index in [9.17, 15) is 9.59 Å². The first kappa shape index (κ1) is 12.0. The van der Waals surface area contributed by atoms with Crippen molar-refractivity contribution >= 4 is 23.5 Å². The second kappa shape index (κ2) is 4.54. The van der Waals surface area contributed by atoms with Crippen molar-refractivity contribution < 1.29 is 9.32 Å². The molecule has 8 heteroatoms. The summed E-state index contributed by atoms with van der Waals surface area (Å²) in [7, 11) is 0.